The number of pyridine rings is 1. The smallest absolute Gasteiger partial charge is 0.161 e. The molecule has 5 heteroatoms. The first-order chi connectivity index (χ1) is 10.3. The summed E-state index contributed by atoms with van der Waals surface area (Å²) in [6, 6.07) is 9.41. The lowest BCUT2D eigenvalue weighted by atomic mass is 10.2. The zero-order valence-corrected chi connectivity index (χ0v) is 12.2. The highest BCUT2D eigenvalue weighted by Gasteiger charge is 2.04. The third-order valence-electron chi connectivity index (χ3n) is 2.74. The van der Waals surface area contributed by atoms with Gasteiger partial charge in [0, 0.05) is 12.4 Å². The fourth-order valence-corrected chi connectivity index (χ4v) is 1.70. The molecule has 0 radical (unpaired) electrons. The van der Waals surface area contributed by atoms with Crippen molar-refractivity contribution >= 4 is 11.9 Å². The molecule has 0 saturated carbocycles. The van der Waals surface area contributed by atoms with Gasteiger partial charge in [-0.25, -0.2) is 0 Å². The number of hydrogen-bond acceptors (Lipinski definition) is 5. The van der Waals surface area contributed by atoms with Gasteiger partial charge in [0.25, 0.3) is 0 Å². The van der Waals surface area contributed by atoms with E-state index in [-0.39, 0.29) is 0 Å². The summed E-state index contributed by atoms with van der Waals surface area (Å²) >= 11 is 0. The standard InChI is InChI=1S/C16H19N3O2/c1-3-10-21-15-5-4-13(11-16(15)20-2)12-18-19-14-6-8-17-9-7-14/h4-9,11-12H,3,10H2,1-2H3,(H,17,19)/b18-12-. The van der Waals surface area contributed by atoms with E-state index in [0.717, 1.165) is 23.4 Å². The molecule has 1 heterocycles. The highest BCUT2D eigenvalue weighted by atomic mass is 16.5. The number of hydrogen-bond donors (Lipinski definition) is 1. The van der Waals surface area contributed by atoms with Gasteiger partial charge < -0.3 is 9.47 Å². The lowest BCUT2D eigenvalue weighted by Crippen LogP contribution is -1.98. The maximum Gasteiger partial charge on any atom is 0.161 e. The quantitative estimate of drug-likeness (QED) is 0.626. The molecule has 0 fully saturated rings. The molecule has 5 nitrogen and oxygen atoms in total. The topological polar surface area (TPSA) is 55.7 Å². The molecule has 1 N–H and O–H groups in total. The summed E-state index contributed by atoms with van der Waals surface area (Å²) in [6.07, 6.45) is 6.11. The van der Waals surface area contributed by atoms with E-state index in [1.54, 1.807) is 25.7 Å². The lowest BCUT2D eigenvalue weighted by molar-refractivity contribution is 0.294. The Morgan fingerprint density at radius 2 is 2.00 bits per heavy atom. The minimum Gasteiger partial charge on any atom is -0.493 e. The molecule has 21 heavy (non-hydrogen) atoms. The van der Waals surface area contributed by atoms with Gasteiger partial charge in [-0.15, -0.1) is 0 Å². The van der Waals surface area contributed by atoms with E-state index in [1.165, 1.54) is 0 Å². The molecule has 2 aromatic rings. The highest BCUT2D eigenvalue weighted by molar-refractivity contribution is 5.81. The van der Waals surface area contributed by atoms with Crippen molar-refractivity contribution in [3.8, 4) is 11.5 Å². The summed E-state index contributed by atoms with van der Waals surface area (Å²) in [4.78, 5) is 3.95. The number of methoxy groups -OCH3 is 1. The normalized spacial score (nSPS) is 10.6. The van der Waals surface area contributed by atoms with Crippen molar-refractivity contribution in [2.75, 3.05) is 19.1 Å². The van der Waals surface area contributed by atoms with Crippen LogP contribution in [0.4, 0.5) is 5.69 Å². The van der Waals surface area contributed by atoms with E-state index in [2.05, 4.69) is 22.4 Å². The Balaban J connectivity index is 2.03. The maximum absolute atomic E-state index is 5.61. The Labute approximate surface area is 124 Å². The van der Waals surface area contributed by atoms with Crippen molar-refractivity contribution in [2.45, 2.75) is 13.3 Å². The highest BCUT2D eigenvalue weighted by Crippen LogP contribution is 2.27. The molecule has 2 rings (SSSR count). The molecule has 0 atom stereocenters. The van der Waals surface area contributed by atoms with Crippen LogP contribution in [0.3, 0.4) is 0 Å². The average molecular weight is 285 g/mol. The Morgan fingerprint density at radius 1 is 1.19 bits per heavy atom. The Morgan fingerprint density at radius 3 is 2.71 bits per heavy atom. The zero-order valence-electron chi connectivity index (χ0n) is 12.2. The molecular weight excluding hydrogens is 266 g/mol. The predicted octanol–water partition coefficient (Wildman–Crippen LogP) is 3.33. The summed E-state index contributed by atoms with van der Waals surface area (Å²) in [6.45, 7) is 2.74. The van der Waals surface area contributed by atoms with Gasteiger partial charge in [-0.3, -0.25) is 10.4 Å². The van der Waals surface area contributed by atoms with Crippen LogP contribution in [-0.4, -0.2) is 24.9 Å². The van der Waals surface area contributed by atoms with Gasteiger partial charge in [-0.1, -0.05) is 6.92 Å². The van der Waals surface area contributed by atoms with Crippen molar-refractivity contribution in [1.29, 1.82) is 0 Å². The fourth-order valence-electron chi connectivity index (χ4n) is 1.70. The second kappa shape index (κ2) is 7.89. The first-order valence-electron chi connectivity index (χ1n) is 6.83. The van der Waals surface area contributed by atoms with Gasteiger partial charge in [0.2, 0.25) is 0 Å². The van der Waals surface area contributed by atoms with Gasteiger partial charge in [0.1, 0.15) is 0 Å². The molecule has 0 aliphatic heterocycles. The van der Waals surface area contributed by atoms with E-state index in [0.29, 0.717) is 12.4 Å². The van der Waals surface area contributed by atoms with E-state index < -0.39 is 0 Å². The van der Waals surface area contributed by atoms with Crippen LogP contribution in [0.1, 0.15) is 18.9 Å². The monoisotopic (exact) mass is 285 g/mol. The van der Waals surface area contributed by atoms with Crippen LogP contribution in [0, 0.1) is 0 Å². The lowest BCUT2D eigenvalue weighted by Gasteiger charge is -2.10. The van der Waals surface area contributed by atoms with Crippen molar-refractivity contribution in [3.63, 3.8) is 0 Å². The number of ether oxygens (including phenoxy) is 2. The summed E-state index contributed by atoms with van der Waals surface area (Å²) in [5.41, 5.74) is 4.75. The van der Waals surface area contributed by atoms with Crippen LogP contribution in [0.2, 0.25) is 0 Å². The van der Waals surface area contributed by atoms with Crippen LogP contribution in [0.15, 0.2) is 47.8 Å². The largest absolute Gasteiger partial charge is 0.493 e. The molecule has 1 aromatic heterocycles. The van der Waals surface area contributed by atoms with Crippen LogP contribution in [-0.2, 0) is 0 Å². The van der Waals surface area contributed by atoms with E-state index in [9.17, 15) is 0 Å². The molecule has 0 aliphatic carbocycles. The van der Waals surface area contributed by atoms with Crippen LogP contribution >= 0.6 is 0 Å². The molecular formula is C16H19N3O2. The van der Waals surface area contributed by atoms with Crippen molar-refractivity contribution in [2.24, 2.45) is 5.10 Å². The number of nitrogens with one attached hydrogen (secondary N) is 1. The summed E-state index contributed by atoms with van der Waals surface area (Å²) in [5, 5.41) is 4.18. The van der Waals surface area contributed by atoms with Gasteiger partial charge >= 0.3 is 0 Å². The second-order valence-corrected chi connectivity index (χ2v) is 4.36. The van der Waals surface area contributed by atoms with Gasteiger partial charge in [-0.2, -0.15) is 5.10 Å². The average Bonchev–Trinajstić information content (AvgIpc) is 2.54. The first kappa shape index (κ1) is 14.8. The maximum atomic E-state index is 5.61. The zero-order chi connectivity index (χ0) is 14.9. The summed E-state index contributed by atoms with van der Waals surface area (Å²) in [5.74, 6) is 1.45. The minimum absolute atomic E-state index is 0.674. The number of hydrazone groups is 1. The summed E-state index contributed by atoms with van der Waals surface area (Å²) in [7, 11) is 1.63. The van der Waals surface area contributed by atoms with Crippen LogP contribution in [0.25, 0.3) is 0 Å². The SMILES string of the molecule is CCCOc1ccc(/C=N\Nc2ccncc2)cc1OC. The minimum atomic E-state index is 0.674. The second-order valence-electron chi connectivity index (χ2n) is 4.36. The van der Waals surface area contributed by atoms with E-state index >= 15 is 0 Å². The molecule has 0 amide bonds. The van der Waals surface area contributed by atoms with Crippen molar-refractivity contribution in [3.05, 3.63) is 48.3 Å². The van der Waals surface area contributed by atoms with Crippen molar-refractivity contribution < 1.29 is 9.47 Å². The number of nitrogens with zero attached hydrogens (tertiary/aromatic N) is 2. The van der Waals surface area contributed by atoms with Gasteiger partial charge in [0.05, 0.1) is 25.6 Å². The third-order valence-corrected chi connectivity index (χ3v) is 2.74. The summed E-state index contributed by atoms with van der Waals surface area (Å²) < 4.78 is 10.9. The number of anilines is 1. The van der Waals surface area contributed by atoms with Gasteiger partial charge in [0.15, 0.2) is 11.5 Å². The first-order valence-corrected chi connectivity index (χ1v) is 6.83. The Bertz CT molecular complexity index is 585. The molecule has 110 valence electrons. The Hall–Kier alpha value is -2.56. The van der Waals surface area contributed by atoms with Crippen molar-refractivity contribution in [1.82, 2.24) is 4.98 Å². The van der Waals surface area contributed by atoms with Crippen LogP contribution in [0.5, 0.6) is 11.5 Å². The molecule has 0 aliphatic rings. The molecule has 0 spiro atoms. The molecule has 0 bridgehead atoms. The fraction of sp³-hybridized carbons (Fsp3) is 0.250. The molecule has 0 unspecified atom stereocenters. The van der Waals surface area contributed by atoms with E-state index in [4.69, 9.17) is 9.47 Å². The number of rotatable bonds is 7. The number of aromatic nitrogens is 1. The van der Waals surface area contributed by atoms with Gasteiger partial charge in [-0.05, 0) is 42.3 Å². The van der Waals surface area contributed by atoms with E-state index in [1.807, 2.05) is 30.3 Å². The molecule has 0 saturated heterocycles. The predicted molar refractivity (Wildman–Crippen MR) is 84.2 cm³/mol. The molecule has 1 aromatic carbocycles. The third kappa shape index (κ3) is 4.49. The Kier molecular flexibility index (Phi) is 5.58. The number of benzene rings is 1. The van der Waals surface area contributed by atoms with Crippen LogP contribution < -0.4 is 14.9 Å².